The van der Waals surface area contributed by atoms with E-state index in [1.54, 1.807) is 24.3 Å². The molecule has 5 nitrogen and oxygen atoms in total. The summed E-state index contributed by atoms with van der Waals surface area (Å²) in [5.41, 5.74) is -0.933. The Morgan fingerprint density at radius 1 is 1.10 bits per heavy atom. The van der Waals surface area contributed by atoms with Crippen molar-refractivity contribution in [1.82, 2.24) is 0 Å². The van der Waals surface area contributed by atoms with Crippen LogP contribution in [0.1, 0.15) is 39.1 Å². The number of aliphatic hydroxyl groups is 2. The van der Waals surface area contributed by atoms with Crippen LogP contribution in [0, 0.1) is 0 Å². The summed E-state index contributed by atoms with van der Waals surface area (Å²) in [5.74, 6) is 0.297. The second kappa shape index (κ2) is 10.3. The molecule has 5 heteroatoms. The molecule has 0 bridgehead atoms. The van der Waals surface area contributed by atoms with Gasteiger partial charge in [0.15, 0.2) is 5.78 Å². The van der Waals surface area contributed by atoms with Crippen molar-refractivity contribution in [2.45, 2.75) is 34.3 Å². The highest BCUT2D eigenvalue weighted by molar-refractivity contribution is 6.01. The van der Waals surface area contributed by atoms with Crippen LogP contribution in [0.4, 0.5) is 0 Å². The Bertz CT molecular complexity index is 392. The average molecular weight is 300 g/mol. The van der Waals surface area contributed by atoms with Crippen molar-refractivity contribution < 1.29 is 24.5 Å². The Balaban J connectivity index is 0. The fourth-order valence-corrected chi connectivity index (χ4v) is 1.44. The van der Waals surface area contributed by atoms with Crippen LogP contribution >= 0.6 is 0 Å². The maximum absolute atomic E-state index is 11.8. The summed E-state index contributed by atoms with van der Waals surface area (Å²) in [6, 6.07) is 6.57. The molecule has 0 spiro atoms. The fraction of sp³-hybridized carbons (Fsp3) is 0.562. The first kappa shape index (κ1) is 21.9. The summed E-state index contributed by atoms with van der Waals surface area (Å²) in [7, 11) is 0. The van der Waals surface area contributed by atoms with Crippen molar-refractivity contribution in [1.29, 1.82) is 0 Å². The molecule has 0 amide bonds. The van der Waals surface area contributed by atoms with Crippen LogP contribution in [0.2, 0.25) is 0 Å². The largest absolute Gasteiger partial charge is 0.491 e. The molecular formula is C16H28O5. The van der Waals surface area contributed by atoms with Crippen LogP contribution in [0.3, 0.4) is 0 Å². The number of ether oxygens (including phenoxy) is 2. The predicted molar refractivity (Wildman–Crippen MR) is 83.9 cm³/mol. The van der Waals surface area contributed by atoms with Gasteiger partial charge in [-0.25, -0.2) is 0 Å². The molecule has 0 saturated carbocycles. The van der Waals surface area contributed by atoms with E-state index in [1.165, 1.54) is 13.8 Å². The van der Waals surface area contributed by atoms with E-state index in [0.29, 0.717) is 31.1 Å². The molecule has 0 atom stereocenters. The second-order valence-electron chi connectivity index (χ2n) is 4.60. The van der Waals surface area contributed by atoms with Gasteiger partial charge in [-0.15, -0.1) is 0 Å². The van der Waals surface area contributed by atoms with Crippen molar-refractivity contribution in [3.8, 4) is 5.75 Å². The molecule has 0 aliphatic carbocycles. The lowest BCUT2D eigenvalue weighted by Crippen LogP contribution is -2.30. The highest BCUT2D eigenvalue weighted by Gasteiger charge is 2.24. The Labute approximate surface area is 127 Å². The number of benzene rings is 1. The highest BCUT2D eigenvalue weighted by atomic mass is 16.5. The third kappa shape index (κ3) is 7.80. The van der Waals surface area contributed by atoms with E-state index in [2.05, 4.69) is 0 Å². The summed E-state index contributed by atoms with van der Waals surface area (Å²) in [6.45, 7) is 3.97. The Kier molecular flexibility index (Phi) is 10.7. The molecule has 0 heterocycles. The van der Waals surface area contributed by atoms with Gasteiger partial charge in [0.25, 0.3) is 0 Å². The zero-order chi connectivity index (χ0) is 14.3. The Morgan fingerprint density at radius 2 is 1.67 bits per heavy atom. The second-order valence-corrected chi connectivity index (χ2v) is 4.60. The number of rotatable bonds is 8. The summed E-state index contributed by atoms with van der Waals surface area (Å²) in [4.78, 5) is 11.8. The van der Waals surface area contributed by atoms with E-state index in [1.807, 2.05) is 0 Å². The number of ketones is 1. The predicted octanol–water partition coefficient (Wildman–Crippen LogP) is 2.30. The molecule has 21 heavy (non-hydrogen) atoms. The van der Waals surface area contributed by atoms with Gasteiger partial charge in [0.2, 0.25) is 0 Å². The smallest absolute Gasteiger partial charge is 0.193 e. The van der Waals surface area contributed by atoms with E-state index < -0.39 is 5.60 Å². The Morgan fingerprint density at radius 3 is 2.14 bits per heavy atom. The molecule has 2 N–H and O–H groups in total. The van der Waals surface area contributed by atoms with E-state index in [9.17, 15) is 9.90 Å². The molecule has 1 aromatic rings. The zero-order valence-corrected chi connectivity index (χ0v) is 11.3. The summed E-state index contributed by atoms with van der Waals surface area (Å²) >= 11 is 0. The molecular weight excluding hydrogens is 272 g/mol. The third-order valence-corrected chi connectivity index (χ3v) is 2.40. The van der Waals surface area contributed by atoms with Gasteiger partial charge in [-0.1, -0.05) is 14.9 Å². The van der Waals surface area contributed by atoms with Crippen LogP contribution in [0.15, 0.2) is 24.3 Å². The van der Waals surface area contributed by atoms with Gasteiger partial charge in [0.05, 0.1) is 19.8 Å². The zero-order valence-electron chi connectivity index (χ0n) is 11.3. The van der Waals surface area contributed by atoms with Gasteiger partial charge in [-0.3, -0.25) is 4.79 Å². The molecule has 0 unspecified atom stereocenters. The fourth-order valence-electron chi connectivity index (χ4n) is 1.44. The first-order valence-electron chi connectivity index (χ1n) is 6.14. The van der Waals surface area contributed by atoms with Crippen molar-refractivity contribution in [2.75, 3.05) is 26.4 Å². The minimum Gasteiger partial charge on any atom is -0.491 e. The Hall–Kier alpha value is -1.43. The van der Waals surface area contributed by atoms with Crippen LogP contribution < -0.4 is 4.74 Å². The van der Waals surface area contributed by atoms with Crippen LogP contribution in [0.5, 0.6) is 5.75 Å². The number of aliphatic hydroxyl groups excluding tert-OH is 1. The molecule has 0 aliphatic heterocycles. The molecule has 122 valence electrons. The lowest BCUT2D eigenvalue weighted by Gasteiger charge is -2.15. The van der Waals surface area contributed by atoms with Crippen molar-refractivity contribution in [3.05, 3.63) is 29.8 Å². The minimum atomic E-state index is -1.37. The normalized spacial score (nSPS) is 10.3. The topological polar surface area (TPSA) is 76.0 Å². The van der Waals surface area contributed by atoms with Crippen molar-refractivity contribution in [3.63, 3.8) is 0 Å². The molecule has 0 aromatic heterocycles. The number of carbonyl (C=O) groups is 1. The molecule has 1 aromatic carbocycles. The van der Waals surface area contributed by atoms with E-state index in [-0.39, 0.29) is 27.2 Å². The number of carbonyl (C=O) groups excluding carboxylic acids is 1. The highest BCUT2D eigenvalue weighted by Crippen LogP contribution is 2.17. The van der Waals surface area contributed by atoms with Crippen LogP contribution in [-0.4, -0.2) is 48.0 Å². The monoisotopic (exact) mass is 300 g/mol. The van der Waals surface area contributed by atoms with Gasteiger partial charge in [0.1, 0.15) is 18.0 Å². The minimum absolute atomic E-state index is 0. The average Bonchev–Trinajstić information content (AvgIpc) is 2.37. The van der Waals surface area contributed by atoms with Crippen LogP contribution in [-0.2, 0) is 4.74 Å². The van der Waals surface area contributed by atoms with Crippen molar-refractivity contribution >= 4 is 5.78 Å². The number of Topliss-reactive ketones (excluding diaryl/α,β-unsaturated/α-hetero) is 1. The molecule has 0 fully saturated rings. The number of hydrogen-bond donors (Lipinski definition) is 2. The molecule has 0 aliphatic rings. The van der Waals surface area contributed by atoms with E-state index >= 15 is 0 Å². The molecule has 0 saturated heterocycles. The standard InChI is InChI=1S/C14H20O5.2CH4/c1-14(2,17)13(16)11-3-5-12(6-4-11)19-10-9-18-8-7-15;;/h3-6,15,17H,7-10H2,1-2H3;2*1H4. The van der Waals surface area contributed by atoms with E-state index in [4.69, 9.17) is 14.6 Å². The summed E-state index contributed by atoms with van der Waals surface area (Å²) in [5, 5.41) is 18.1. The maximum Gasteiger partial charge on any atom is 0.193 e. The van der Waals surface area contributed by atoms with Gasteiger partial charge >= 0.3 is 0 Å². The van der Waals surface area contributed by atoms with Gasteiger partial charge < -0.3 is 19.7 Å². The SMILES string of the molecule is C.C.CC(C)(O)C(=O)c1ccc(OCCOCCO)cc1. The van der Waals surface area contributed by atoms with E-state index in [0.717, 1.165) is 0 Å². The van der Waals surface area contributed by atoms with Gasteiger partial charge in [0, 0.05) is 5.56 Å². The van der Waals surface area contributed by atoms with Crippen LogP contribution in [0.25, 0.3) is 0 Å². The molecule has 1 rings (SSSR count). The number of hydrogen-bond acceptors (Lipinski definition) is 5. The maximum atomic E-state index is 11.8. The first-order valence-corrected chi connectivity index (χ1v) is 6.14. The summed E-state index contributed by atoms with van der Waals surface area (Å²) < 4.78 is 10.4. The quantitative estimate of drug-likeness (QED) is 0.569. The van der Waals surface area contributed by atoms with Crippen molar-refractivity contribution in [2.24, 2.45) is 0 Å². The summed E-state index contributed by atoms with van der Waals surface area (Å²) in [6.07, 6.45) is 0. The lowest BCUT2D eigenvalue weighted by molar-refractivity contribution is 0.0488. The lowest BCUT2D eigenvalue weighted by atomic mass is 9.97. The van der Waals surface area contributed by atoms with Gasteiger partial charge in [-0.05, 0) is 38.1 Å². The first-order chi connectivity index (χ1) is 8.95. The van der Waals surface area contributed by atoms with Gasteiger partial charge in [-0.2, -0.15) is 0 Å². The third-order valence-electron chi connectivity index (χ3n) is 2.40. The molecule has 0 radical (unpaired) electrons.